The third-order valence-electron chi connectivity index (χ3n) is 0.973. The van der Waals surface area contributed by atoms with Crippen LogP contribution in [0.1, 0.15) is 20.3 Å². The first kappa shape index (κ1) is 9.14. The van der Waals surface area contributed by atoms with Crippen molar-refractivity contribution in [1.29, 1.82) is 0 Å². The van der Waals surface area contributed by atoms with Crippen LogP contribution in [0.25, 0.3) is 0 Å². The van der Waals surface area contributed by atoms with Gasteiger partial charge in [-0.3, -0.25) is 0 Å². The van der Waals surface area contributed by atoms with Gasteiger partial charge in [0.1, 0.15) is 0 Å². The molecule has 0 fully saturated rings. The van der Waals surface area contributed by atoms with Gasteiger partial charge in [0, 0.05) is 0 Å². The molecule has 0 rings (SSSR count). The molecule has 1 N–H and O–H groups in total. The first-order valence-electron chi connectivity index (χ1n) is 3.13. The highest BCUT2D eigenvalue weighted by Gasteiger charge is 2.03. The third-order valence-corrected chi connectivity index (χ3v) is 0.973. The van der Waals surface area contributed by atoms with Gasteiger partial charge in [-0.25, -0.2) is 4.79 Å². The molecular formula is C7H11FO2. The predicted molar refractivity (Wildman–Crippen MR) is 36.3 cm³/mol. The first-order chi connectivity index (χ1) is 4.54. The zero-order chi connectivity index (χ0) is 8.15. The van der Waals surface area contributed by atoms with Crippen LogP contribution in [0.3, 0.4) is 0 Å². The van der Waals surface area contributed by atoms with Gasteiger partial charge in [-0.15, -0.1) is 0 Å². The van der Waals surface area contributed by atoms with E-state index >= 15 is 0 Å². The van der Waals surface area contributed by atoms with Crippen LogP contribution in [0.2, 0.25) is 0 Å². The normalized spacial score (nSPS) is 12.2. The Morgan fingerprint density at radius 3 is 2.50 bits per heavy atom. The summed E-state index contributed by atoms with van der Waals surface area (Å²) in [6, 6.07) is 0. The highest BCUT2D eigenvalue weighted by Crippen LogP contribution is 2.05. The lowest BCUT2D eigenvalue weighted by molar-refractivity contribution is -0.134. The van der Waals surface area contributed by atoms with Crippen molar-refractivity contribution in [3.63, 3.8) is 0 Å². The Hall–Kier alpha value is -0.860. The van der Waals surface area contributed by atoms with Crippen LogP contribution in [0, 0.1) is 5.92 Å². The van der Waals surface area contributed by atoms with E-state index in [9.17, 15) is 9.18 Å². The van der Waals surface area contributed by atoms with Gasteiger partial charge in [-0.1, -0.05) is 13.8 Å². The van der Waals surface area contributed by atoms with Crippen molar-refractivity contribution in [2.24, 2.45) is 5.92 Å². The molecule has 58 valence electrons. The lowest BCUT2D eigenvalue weighted by Gasteiger charge is -1.95. The fourth-order valence-corrected chi connectivity index (χ4v) is 0.426. The molecule has 0 amide bonds. The maximum Gasteiger partial charge on any atom is 0.364 e. The van der Waals surface area contributed by atoms with Crippen LogP contribution in [0.5, 0.6) is 0 Å². The molecule has 2 nitrogen and oxygen atoms in total. The number of allylic oxidation sites excluding steroid dienone is 1. The van der Waals surface area contributed by atoms with E-state index in [1.165, 1.54) is 0 Å². The summed E-state index contributed by atoms with van der Waals surface area (Å²) in [4.78, 5) is 9.87. The van der Waals surface area contributed by atoms with E-state index in [4.69, 9.17) is 5.11 Å². The SMILES string of the molecule is CC(C)C/C=C(\F)C(=O)O. The third kappa shape index (κ3) is 4.06. The summed E-state index contributed by atoms with van der Waals surface area (Å²) in [5.41, 5.74) is 0. The number of rotatable bonds is 3. The van der Waals surface area contributed by atoms with Crippen molar-refractivity contribution < 1.29 is 14.3 Å². The number of carboxylic acids is 1. The fraction of sp³-hybridized carbons (Fsp3) is 0.571. The van der Waals surface area contributed by atoms with Crippen molar-refractivity contribution in [2.75, 3.05) is 0 Å². The van der Waals surface area contributed by atoms with Crippen molar-refractivity contribution >= 4 is 5.97 Å². The van der Waals surface area contributed by atoms with E-state index < -0.39 is 11.8 Å². The standard InChI is InChI=1S/C7H11FO2/c1-5(2)3-4-6(8)7(9)10/h4-5H,3H2,1-2H3,(H,9,10)/b6-4-. The molecule has 3 heteroatoms. The van der Waals surface area contributed by atoms with E-state index in [0.717, 1.165) is 6.08 Å². The summed E-state index contributed by atoms with van der Waals surface area (Å²) in [6.07, 6.45) is 1.56. The number of carboxylic acid groups (broad SMARTS) is 1. The van der Waals surface area contributed by atoms with Gasteiger partial charge in [0.25, 0.3) is 0 Å². The van der Waals surface area contributed by atoms with E-state index in [-0.39, 0.29) is 0 Å². The number of carbonyl (C=O) groups is 1. The van der Waals surface area contributed by atoms with Crippen molar-refractivity contribution in [3.8, 4) is 0 Å². The number of hydrogen-bond donors (Lipinski definition) is 1. The Morgan fingerprint density at radius 1 is 1.70 bits per heavy atom. The van der Waals surface area contributed by atoms with Gasteiger partial charge in [0.15, 0.2) is 0 Å². The summed E-state index contributed by atoms with van der Waals surface area (Å²) in [7, 11) is 0. The first-order valence-corrected chi connectivity index (χ1v) is 3.13. The number of aliphatic carboxylic acids is 1. The highest BCUT2D eigenvalue weighted by molar-refractivity contribution is 5.83. The molecule has 0 atom stereocenters. The Balaban J connectivity index is 3.81. The molecule has 10 heavy (non-hydrogen) atoms. The Morgan fingerprint density at radius 2 is 2.20 bits per heavy atom. The molecule has 0 spiro atoms. The largest absolute Gasteiger partial charge is 0.476 e. The van der Waals surface area contributed by atoms with E-state index in [1.807, 2.05) is 13.8 Å². The quantitative estimate of drug-likeness (QED) is 0.618. The van der Waals surface area contributed by atoms with E-state index in [2.05, 4.69) is 0 Å². The minimum atomic E-state index is -1.49. The second kappa shape index (κ2) is 4.04. The van der Waals surface area contributed by atoms with Crippen LogP contribution in [-0.2, 0) is 4.79 Å². The molecule has 0 aromatic heterocycles. The number of hydrogen-bond acceptors (Lipinski definition) is 1. The monoisotopic (exact) mass is 146 g/mol. The van der Waals surface area contributed by atoms with Gasteiger partial charge >= 0.3 is 5.97 Å². The van der Waals surface area contributed by atoms with Gasteiger partial charge in [-0.05, 0) is 18.4 Å². The minimum Gasteiger partial charge on any atom is -0.476 e. The second-order valence-electron chi connectivity index (χ2n) is 2.49. The molecule has 0 saturated carbocycles. The number of halogens is 1. The van der Waals surface area contributed by atoms with Gasteiger partial charge in [0.05, 0.1) is 0 Å². The summed E-state index contributed by atoms with van der Waals surface area (Å²) in [5.74, 6) is -2.25. The molecule has 0 aliphatic heterocycles. The Labute approximate surface area is 59.4 Å². The molecule has 0 aliphatic rings. The molecule has 0 unspecified atom stereocenters. The summed E-state index contributed by atoms with van der Waals surface area (Å²) in [6.45, 7) is 3.79. The van der Waals surface area contributed by atoms with Crippen LogP contribution in [0.15, 0.2) is 11.9 Å². The summed E-state index contributed by atoms with van der Waals surface area (Å²) < 4.78 is 12.1. The maximum atomic E-state index is 12.1. The molecular weight excluding hydrogens is 135 g/mol. The molecule has 0 aromatic carbocycles. The second-order valence-corrected chi connectivity index (χ2v) is 2.49. The molecule has 0 bridgehead atoms. The van der Waals surface area contributed by atoms with Crippen molar-refractivity contribution in [2.45, 2.75) is 20.3 Å². The van der Waals surface area contributed by atoms with Crippen LogP contribution < -0.4 is 0 Å². The summed E-state index contributed by atoms with van der Waals surface area (Å²) in [5, 5.41) is 8.05. The topological polar surface area (TPSA) is 37.3 Å². The van der Waals surface area contributed by atoms with Gasteiger partial charge < -0.3 is 5.11 Å². The van der Waals surface area contributed by atoms with Crippen molar-refractivity contribution in [1.82, 2.24) is 0 Å². The van der Waals surface area contributed by atoms with Crippen LogP contribution >= 0.6 is 0 Å². The summed E-state index contributed by atoms with van der Waals surface area (Å²) >= 11 is 0. The highest BCUT2D eigenvalue weighted by atomic mass is 19.1. The van der Waals surface area contributed by atoms with E-state index in [1.54, 1.807) is 0 Å². The van der Waals surface area contributed by atoms with Crippen molar-refractivity contribution in [3.05, 3.63) is 11.9 Å². The Bertz CT molecular complexity index is 150. The maximum absolute atomic E-state index is 12.1. The Kier molecular flexibility index (Phi) is 3.69. The molecule has 0 aliphatic carbocycles. The molecule has 0 saturated heterocycles. The van der Waals surface area contributed by atoms with Gasteiger partial charge in [0.2, 0.25) is 5.83 Å². The van der Waals surface area contributed by atoms with E-state index in [0.29, 0.717) is 12.3 Å². The molecule has 0 heterocycles. The zero-order valence-corrected chi connectivity index (χ0v) is 6.10. The lowest BCUT2D eigenvalue weighted by Crippen LogP contribution is -1.95. The average molecular weight is 146 g/mol. The zero-order valence-electron chi connectivity index (χ0n) is 6.10. The minimum absolute atomic E-state index is 0.296. The molecule has 0 radical (unpaired) electrons. The fourth-order valence-electron chi connectivity index (χ4n) is 0.426. The van der Waals surface area contributed by atoms with Gasteiger partial charge in [-0.2, -0.15) is 4.39 Å². The average Bonchev–Trinajstić information content (AvgIpc) is 1.82. The van der Waals surface area contributed by atoms with Crippen LogP contribution in [0.4, 0.5) is 4.39 Å². The van der Waals surface area contributed by atoms with Crippen LogP contribution in [-0.4, -0.2) is 11.1 Å². The smallest absolute Gasteiger partial charge is 0.364 e. The lowest BCUT2D eigenvalue weighted by atomic mass is 10.1. The molecule has 0 aromatic rings. The predicted octanol–water partition coefficient (Wildman–Crippen LogP) is 1.97.